The summed E-state index contributed by atoms with van der Waals surface area (Å²) in [6.07, 6.45) is 1.36. The largest absolute Gasteiger partial charge is 0.492 e. The zero-order valence-corrected chi connectivity index (χ0v) is 22.3. The number of hydrogen-bond acceptors (Lipinski definition) is 7. The number of morpholine rings is 1. The molecule has 0 saturated carbocycles. The highest BCUT2D eigenvalue weighted by Crippen LogP contribution is 2.23. The molecule has 0 spiro atoms. The predicted octanol–water partition coefficient (Wildman–Crippen LogP) is 1.76. The Hall–Kier alpha value is -2.67. The summed E-state index contributed by atoms with van der Waals surface area (Å²) >= 11 is 0. The molecule has 0 bridgehead atoms. The van der Waals surface area contributed by atoms with Crippen LogP contribution in [0.1, 0.15) is 18.9 Å². The lowest BCUT2D eigenvalue weighted by molar-refractivity contribution is -0.122. The van der Waals surface area contributed by atoms with Crippen LogP contribution in [0, 0.1) is 6.92 Å². The van der Waals surface area contributed by atoms with E-state index in [4.69, 9.17) is 9.47 Å². The predicted molar refractivity (Wildman–Crippen MR) is 137 cm³/mol. The van der Waals surface area contributed by atoms with Crippen LogP contribution in [0.4, 0.5) is 5.69 Å². The third kappa shape index (κ3) is 6.96. The minimum atomic E-state index is -3.70. The Kier molecular flexibility index (Phi) is 9.34. The van der Waals surface area contributed by atoms with Gasteiger partial charge in [0.2, 0.25) is 26.0 Å². The number of carbonyl (C=O) groups excluding carboxylic acids is 1. The first kappa shape index (κ1) is 27.9. The summed E-state index contributed by atoms with van der Waals surface area (Å²) in [6, 6.07) is 12.1. The first-order chi connectivity index (χ1) is 17.0. The van der Waals surface area contributed by atoms with E-state index in [-0.39, 0.29) is 24.5 Å². The lowest BCUT2D eigenvalue weighted by atomic mass is 10.1. The van der Waals surface area contributed by atoms with E-state index < -0.39 is 32.0 Å². The number of hydrogen-bond donors (Lipinski definition) is 1. The molecule has 1 fully saturated rings. The van der Waals surface area contributed by atoms with E-state index >= 15 is 0 Å². The van der Waals surface area contributed by atoms with Crippen molar-refractivity contribution in [3.8, 4) is 5.75 Å². The van der Waals surface area contributed by atoms with Gasteiger partial charge in [-0.15, -0.1) is 0 Å². The van der Waals surface area contributed by atoms with Crippen LogP contribution in [0.25, 0.3) is 0 Å². The average molecular weight is 540 g/mol. The van der Waals surface area contributed by atoms with E-state index in [2.05, 4.69) is 5.32 Å². The Morgan fingerprint density at radius 2 is 1.67 bits per heavy atom. The quantitative estimate of drug-likeness (QED) is 0.432. The fourth-order valence-electron chi connectivity index (χ4n) is 3.86. The maximum Gasteiger partial charge on any atom is 0.244 e. The molecule has 12 heteroatoms. The monoisotopic (exact) mass is 539 g/mol. The Labute approximate surface area is 213 Å². The summed E-state index contributed by atoms with van der Waals surface area (Å²) in [5.41, 5.74) is 1.40. The van der Waals surface area contributed by atoms with Gasteiger partial charge in [-0.2, -0.15) is 4.31 Å². The van der Waals surface area contributed by atoms with Crippen molar-refractivity contribution in [3.05, 3.63) is 54.1 Å². The minimum absolute atomic E-state index is 0.126. The van der Waals surface area contributed by atoms with Gasteiger partial charge in [-0.1, -0.05) is 24.6 Å². The number of nitrogens with zero attached hydrogens (tertiary/aromatic N) is 2. The van der Waals surface area contributed by atoms with Crippen molar-refractivity contribution in [2.45, 2.75) is 31.2 Å². The van der Waals surface area contributed by atoms with Crippen LogP contribution in [0.5, 0.6) is 5.75 Å². The lowest BCUT2D eigenvalue weighted by Gasteiger charge is -2.30. The van der Waals surface area contributed by atoms with Crippen LogP contribution in [-0.4, -0.2) is 78.8 Å². The Balaban J connectivity index is 1.56. The smallest absolute Gasteiger partial charge is 0.244 e. The van der Waals surface area contributed by atoms with Crippen molar-refractivity contribution in [3.63, 3.8) is 0 Å². The van der Waals surface area contributed by atoms with Gasteiger partial charge in [0.1, 0.15) is 18.4 Å². The molecule has 1 unspecified atom stereocenters. The highest BCUT2D eigenvalue weighted by molar-refractivity contribution is 7.92. The molecule has 10 nitrogen and oxygen atoms in total. The van der Waals surface area contributed by atoms with Crippen LogP contribution in [-0.2, 0) is 29.6 Å². The summed E-state index contributed by atoms with van der Waals surface area (Å²) in [7, 11) is -7.29. The summed E-state index contributed by atoms with van der Waals surface area (Å²) in [6.45, 7) is 5.31. The first-order valence-corrected chi connectivity index (χ1v) is 15.0. The van der Waals surface area contributed by atoms with E-state index in [0.717, 1.165) is 16.1 Å². The van der Waals surface area contributed by atoms with Gasteiger partial charge in [0.15, 0.2) is 0 Å². The summed E-state index contributed by atoms with van der Waals surface area (Å²) in [5.74, 6) is 0.0219. The average Bonchev–Trinajstić information content (AvgIpc) is 2.86. The van der Waals surface area contributed by atoms with Crippen molar-refractivity contribution in [2.24, 2.45) is 0 Å². The number of aryl methyl sites for hydroxylation is 1. The molecule has 0 aromatic heterocycles. The molecule has 2 aromatic carbocycles. The van der Waals surface area contributed by atoms with Gasteiger partial charge in [0, 0.05) is 13.1 Å². The molecule has 198 valence electrons. The van der Waals surface area contributed by atoms with E-state index in [0.29, 0.717) is 37.7 Å². The number of anilines is 1. The summed E-state index contributed by atoms with van der Waals surface area (Å²) in [5, 5.41) is 2.73. The van der Waals surface area contributed by atoms with E-state index in [9.17, 15) is 21.6 Å². The van der Waals surface area contributed by atoms with Gasteiger partial charge in [0.05, 0.1) is 36.6 Å². The van der Waals surface area contributed by atoms with Crippen LogP contribution in [0.15, 0.2) is 53.4 Å². The summed E-state index contributed by atoms with van der Waals surface area (Å²) in [4.78, 5) is 13.0. The Morgan fingerprint density at radius 3 is 2.22 bits per heavy atom. The highest BCUT2D eigenvalue weighted by atomic mass is 32.2. The molecule has 1 atom stereocenters. The van der Waals surface area contributed by atoms with Crippen LogP contribution in [0.2, 0.25) is 0 Å². The molecule has 1 saturated heterocycles. The van der Waals surface area contributed by atoms with Gasteiger partial charge in [-0.25, -0.2) is 16.8 Å². The van der Waals surface area contributed by atoms with Gasteiger partial charge in [-0.3, -0.25) is 9.10 Å². The zero-order chi connectivity index (χ0) is 26.3. The molecule has 1 aliphatic heterocycles. The number of ether oxygens (including phenoxy) is 2. The molecule has 1 aliphatic rings. The van der Waals surface area contributed by atoms with E-state index in [1.807, 2.05) is 6.92 Å². The van der Waals surface area contributed by atoms with Crippen molar-refractivity contribution in [1.82, 2.24) is 9.62 Å². The minimum Gasteiger partial charge on any atom is -0.492 e. The highest BCUT2D eigenvalue weighted by Gasteiger charge is 2.31. The van der Waals surface area contributed by atoms with Crippen molar-refractivity contribution in [1.29, 1.82) is 0 Å². The molecule has 1 amide bonds. The third-order valence-electron chi connectivity index (χ3n) is 5.72. The second kappa shape index (κ2) is 12.0. The molecular formula is C24H33N3O7S2. The van der Waals surface area contributed by atoms with E-state index in [1.54, 1.807) is 43.3 Å². The molecule has 1 heterocycles. The Bertz CT molecular complexity index is 1230. The SMILES string of the molecule is CCC(C(=O)NCCOc1ccc(S(=O)(=O)N2CCOCC2)cc1)N(c1ccc(C)cc1)S(C)(=O)=O. The molecule has 1 N–H and O–H groups in total. The second-order valence-electron chi connectivity index (χ2n) is 8.45. The van der Waals surface area contributed by atoms with Crippen molar-refractivity contribution in [2.75, 3.05) is 50.0 Å². The molecule has 3 rings (SSSR count). The fourth-order valence-corrected chi connectivity index (χ4v) is 6.48. The molecule has 36 heavy (non-hydrogen) atoms. The first-order valence-electron chi connectivity index (χ1n) is 11.7. The maximum absolute atomic E-state index is 12.9. The lowest BCUT2D eigenvalue weighted by Crippen LogP contribution is -2.50. The van der Waals surface area contributed by atoms with Crippen molar-refractivity contribution >= 4 is 31.6 Å². The number of carbonyl (C=O) groups is 1. The van der Waals surface area contributed by atoms with Gasteiger partial charge < -0.3 is 14.8 Å². The van der Waals surface area contributed by atoms with Crippen LogP contribution < -0.4 is 14.4 Å². The number of benzene rings is 2. The number of nitrogens with one attached hydrogen (secondary N) is 1. The standard InChI is InChI=1S/C24H33N3O7S2/c1-4-23(27(35(3,29)30)20-7-5-19(2)6-8-20)24(28)25-13-16-34-21-9-11-22(12-10-21)36(31,32)26-14-17-33-18-15-26/h5-12,23H,4,13-18H2,1-3H3,(H,25,28). The van der Waals surface area contributed by atoms with Crippen LogP contribution >= 0.6 is 0 Å². The molecule has 0 aliphatic carbocycles. The van der Waals surface area contributed by atoms with Gasteiger partial charge in [-0.05, 0) is 49.7 Å². The molecule has 0 radical (unpaired) electrons. The number of amides is 1. The normalized spacial score (nSPS) is 15.8. The fraction of sp³-hybridized carbons (Fsp3) is 0.458. The van der Waals surface area contributed by atoms with Crippen molar-refractivity contribution < 1.29 is 31.1 Å². The third-order valence-corrected chi connectivity index (χ3v) is 8.81. The molecular weight excluding hydrogens is 506 g/mol. The topological polar surface area (TPSA) is 122 Å². The number of rotatable bonds is 11. The maximum atomic E-state index is 12.9. The number of sulfonamides is 2. The van der Waals surface area contributed by atoms with Crippen LogP contribution in [0.3, 0.4) is 0 Å². The van der Waals surface area contributed by atoms with E-state index in [1.165, 1.54) is 16.4 Å². The summed E-state index contributed by atoms with van der Waals surface area (Å²) < 4.78 is 63.8. The van der Waals surface area contributed by atoms with Gasteiger partial charge >= 0.3 is 0 Å². The second-order valence-corrected chi connectivity index (χ2v) is 12.2. The molecule has 2 aromatic rings. The zero-order valence-electron chi connectivity index (χ0n) is 20.7. The van der Waals surface area contributed by atoms with Gasteiger partial charge in [0.25, 0.3) is 0 Å². The Morgan fingerprint density at radius 1 is 1.06 bits per heavy atom.